The smallest absolute Gasteiger partial charge is 0.276 e. The Labute approximate surface area is 153 Å². The Morgan fingerprint density at radius 1 is 0.808 bits per heavy atom. The van der Waals surface area contributed by atoms with E-state index < -0.39 is 11.8 Å². The van der Waals surface area contributed by atoms with Crippen molar-refractivity contribution in [2.75, 3.05) is 13.2 Å². The molecule has 0 unspecified atom stereocenters. The summed E-state index contributed by atoms with van der Waals surface area (Å²) in [6.45, 7) is 5.82. The van der Waals surface area contributed by atoms with Crippen molar-refractivity contribution in [3.63, 3.8) is 0 Å². The summed E-state index contributed by atoms with van der Waals surface area (Å²) in [6.07, 6.45) is 0. The Morgan fingerprint density at radius 2 is 1.35 bits per heavy atom. The minimum Gasteiger partial charge on any atom is -0.484 e. The van der Waals surface area contributed by atoms with Gasteiger partial charge >= 0.3 is 0 Å². The number of hydrogen-bond donors (Lipinski definition) is 2. The predicted molar refractivity (Wildman–Crippen MR) is 98.9 cm³/mol. The van der Waals surface area contributed by atoms with Crippen molar-refractivity contribution < 1.29 is 19.1 Å². The van der Waals surface area contributed by atoms with E-state index >= 15 is 0 Å². The van der Waals surface area contributed by atoms with E-state index in [-0.39, 0.29) is 18.6 Å². The number of ether oxygens (including phenoxy) is 2. The van der Waals surface area contributed by atoms with Crippen LogP contribution in [0.15, 0.2) is 54.6 Å². The molecule has 0 atom stereocenters. The van der Waals surface area contributed by atoms with E-state index in [1.807, 2.05) is 42.5 Å². The molecule has 0 aliphatic rings. The molecule has 2 aromatic carbocycles. The van der Waals surface area contributed by atoms with Crippen LogP contribution < -0.4 is 20.3 Å². The first-order valence-electron chi connectivity index (χ1n) is 8.34. The van der Waals surface area contributed by atoms with Crippen LogP contribution in [-0.2, 0) is 15.0 Å². The van der Waals surface area contributed by atoms with Gasteiger partial charge in [0.2, 0.25) is 0 Å². The minimum atomic E-state index is -0.461. The highest BCUT2D eigenvalue weighted by Gasteiger charge is 2.18. The molecule has 26 heavy (non-hydrogen) atoms. The molecule has 2 N–H and O–H groups in total. The third kappa shape index (κ3) is 6.12. The van der Waals surface area contributed by atoms with E-state index in [4.69, 9.17) is 9.47 Å². The van der Waals surface area contributed by atoms with Gasteiger partial charge in [0, 0.05) is 0 Å². The molecule has 0 saturated heterocycles. The highest BCUT2D eigenvalue weighted by molar-refractivity contribution is 5.83. The van der Waals surface area contributed by atoms with Gasteiger partial charge in [0.15, 0.2) is 13.2 Å². The predicted octanol–water partition coefficient (Wildman–Crippen LogP) is 2.59. The topological polar surface area (TPSA) is 76.7 Å². The first kappa shape index (κ1) is 19.3. The van der Waals surface area contributed by atoms with Crippen molar-refractivity contribution in [3.05, 3.63) is 60.2 Å². The average Bonchev–Trinajstić information content (AvgIpc) is 2.63. The quantitative estimate of drug-likeness (QED) is 0.780. The van der Waals surface area contributed by atoms with Crippen molar-refractivity contribution in [1.29, 1.82) is 0 Å². The summed E-state index contributed by atoms with van der Waals surface area (Å²) in [5.41, 5.74) is 5.50. The average molecular weight is 356 g/mol. The zero-order valence-electron chi connectivity index (χ0n) is 15.2. The Hall–Kier alpha value is -3.02. The first-order valence-corrected chi connectivity index (χ1v) is 8.34. The van der Waals surface area contributed by atoms with Gasteiger partial charge in [0.05, 0.1) is 0 Å². The van der Waals surface area contributed by atoms with E-state index in [1.165, 1.54) is 0 Å². The maximum absolute atomic E-state index is 11.9. The molecule has 0 aliphatic carbocycles. The molecule has 2 amide bonds. The molecule has 0 aliphatic heterocycles. The van der Waals surface area contributed by atoms with Crippen LogP contribution in [0.25, 0.3) is 0 Å². The van der Waals surface area contributed by atoms with Crippen molar-refractivity contribution in [3.8, 4) is 11.5 Å². The standard InChI is InChI=1S/C20H24N2O4/c1-20(2,3)16-11-7-8-12-17(16)26-14-19(24)22-21-18(23)13-25-15-9-5-4-6-10-15/h4-12H,13-14H2,1-3H3,(H,21,23)(H,22,24). The molecule has 0 saturated carbocycles. The Bertz CT molecular complexity index is 739. The van der Waals surface area contributed by atoms with Gasteiger partial charge in [0.1, 0.15) is 11.5 Å². The fourth-order valence-electron chi connectivity index (χ4n) is 2.23. The lowest BCUT2D eigenvalue weighted by atomic mass is 9.86. The van der Waals surface area contributed by atoms with Gasteiger partial charge in [-0.1, -0.05) is 57.2 Å². The van der Waals surface area contributed by atoms with Gasteiger partial charge in [0.25, 0.3) is 11.8 Å². The molecular weight excluding hydrogens is 332 g/mol. The van der Waals surface area contributed by atoms with Gasteiger partial charge < -0.3 is 9.47 Å². The van der Waals surface area contributed by atoms with E-state index in [2.05, 4.69) is 31.6 Å². The lowest BCUT2D eigenvalue weighted by Gasteiger charge is -2.22. The van der Waals surface area contributed by atoms with Gasteiger partial charge in [-0.25, -0.2) is 0 Å². The third-order valence-corrected chi connectivity index (χ3v) is 3.51. The van der Waals surface area contributed by atoms with Crippen LogP contribution in [0.3, 0.4) is 0 Å². The lowest BCUT2D eigenvalue weighted by Crippen LogP contribution is -2.45. The van der Waals surface area contributed by atoms with Crippen LogP contribution in [0, 0.1) is 0 Å². The summed E-state index contributed by atoms with van der Waals surface area (Å²) in [5, 5.41) is 0. The number of hydrogen-bond acceptors (Lipinski definition) is 4. The number of para-hydroxylation sites is 2. The van der Waals surface area contributed by atoms with Crippen molar-refractivity contribution in [1.82, 2.24) is 10.9 Å². The van der Waals surface area contributed by atoms with Gasteiger partial charge in [-0.2, -0.15) is 0 Å². The second kappa shape index (κ2) is 8.89. The van der Waals surface area contributed by atoms with Gasteiger partial charge in [-0.05, 0) is 29.2 Å². The summed E-state index contributed by atoms with van der Waals surface area (Å²) in [7, 11) is 0. The van der Waals surface area contributed by atoms with Crippen LogP contribution in [0.1, 0.15) is 26.3 Å². The number of carbonyl (C=O) groups excluding carboxylic acids is 2. The third-order valence-electron chi connectivity index (χ3n) is 3.51. The lowest BCUT2D eigenvalue weighted by molar-refractivity contribution is -0.131. The fraction of sp³-hybridized carbons (Fsp3) is 0.300. The number of hydrazine groups is 1. The molecule has 0 heterocycles. The monoisotopic (exact) mass is 356 g/mol. The summed E-state index contributed by atoms with van der Waals surface area (Å²) < 4.78 is 10.9. The number of benzene rings is 2. The molecular formula is C20H24N2O4. The Balaban J connectivity index is 1.75. The van der Waals surface area contributed by atoms with Gasteiger partial charge in [-0.15, -0.1) is 0 Å². The molecule has 0 fully saturated rings. The normalized spacial score (nSPS) is 10.7. The van der Waals surface area contributed by atoms with Gasteiger partial charge in [-0.3, -0.25) is 20.4 Å². The SMILES string of the molecule is CC(C)(C)c1ccccc1OCC(=O)NNC(=O)COc1ccccc1. The molecule has 0 aromatic heterocycles. The zero-order valence-corrected chi connectivity index (χ0v) is 15.2. The Kier molecular flexibility index (Phi) is 6.60. The van der Waals surface area contributed by atoms with Crippen molar-refractivity contribution in [2.24, 2.45) is 0 Å². The van der Waals surface area contributed by atoms with Crippen LogP contribution >= 0.6 is 0 Å². The summed E-state index contributed by atoms with van der Waals surface area (Å²) in [6, 6.07) is 16.5. The van der Waals surface area contributed by atoms with Crippen LogP contribution in [-0.4, -0.2) is 25.0 Å². The van der Waals surface area contributed by atoms with E-state index in [0.29, 0.717) is 11.5 Å². The second-order valence-corrected chi connectivity index (χ2v) is 6.73. The van der Waals surface area contributed by atoms with Crippen molar-refractivity contribution >= 4 is 11.8 Å². The molecule has 6 heteroatoms. The molecule has 2 rings (SSSR count). The summed E-state index contributed by atoms with van der Waals surface area (Å²) in [5.74, 6) is 0.309. The molecule has 0 spiro atoms. The highest BCUT2D eigenvalue weighted by Crippen LogP contribution is 2.30. The number of amides is 2. The molecule has 138 valence electrons. The van der Waals surface area contributed by atoms with Crippen LogP contribution in [0.4, 0.5) is 0 Å². The van der Waals surface area contributed by atoms with E-state index in [0.717, 1.165) is 5.56 Å². The first-order chi connectivity index (χ1) is 12.4. The maximum atomic E-state index is 11.9. The molecule has 2 aromatic rings. The number of carbonyl (C=O) groups is 2. The summed E-state index contributed by atoms with van der Waals surface area (Å²) in [4.78, 5) is 23.6. The zero-order chi connectivity index (χ0) is 19.0. The van der Waals surface area contributed by atoms with Crippen LogP contribution in [0.5, 0.6) is 11.5 Å². The fourth-order valence-corrected chi connectivity index (χ4v) is 2.23. The molecule has 0 bridgehead atoms. The van der Waals surface area contributed by atoms with E-state index in [9.17, 15) is 9.59 Å². The highest BCUT2D eigenvalue weighted by atomic mass is 16.5. The largest absolute Gasteiger partial charge is 0.484 e. The van der Waals surface area contributed by atoms with Crippen molar-refractivity contribution in [2.45, 2.75) is 26.2 Å². The second-order valence-electron chi connectivity index (χ2n) is 6.73. The van der Waals surface area contributed by atoms with Crippen LogP contribution in [0.2, 0.25) is 0 Å². The summed E-state index contributed by atoms with van der Waals surface area (Å²) >= 11 is 0. The molecule has 6 nitrogen and oxygen atoms in total. The number of nitrogens with one attached hydrogen (secondary N) is 2. The Morgan fingerprint density at radius 3 is 1.96 bits per heavy atom. The maximum Gasteiger partial charge on any atom is 0.276 e. The molecule has 0 radical (unpaired) electrons. The number of rotatable bonds is 6. The minimum absolute atomic E-state index is 0.101. The van der Waals surface area contributed by atoms with E-state index in [1.54, 1.807) is 12.1 Å².